The number of hydrogen-bond donors (Lipinski definition) is 1. The Hall–Kier alpha value is -3.25. The molecule has 3 aromatic carbocycles. The van der Waals surface area contributed by atoms with Crippen LogP contribution < -0.4 is 5.32 Å². The van der Waals surface area contributed by atoms with E-state index >= 15 is 0 Å². The molecule has 3 aromatic rings. The quantitative estimate of drug-likeness (QED) is 0.455. The second-order valence-corrected chi connectivity index (χ2v) is 6.60. The van der Waals surface area contributed by atoms with E-state index < -0.39 is 30.1 Å². The van der Waals surface area contributed by atoms with Gasteiger partial charge in [-0.1, -0.05) is 60.1 Å². The summed E-state index contributed by atoms with van der Waals surface area (Å²) < 4.78 is 31.3. The van der Waals surface area contributed by atoms with Gasteiger partial charge in [0, 0.05) is 5.69 Å². The molecule has 0 spiro atoms. The molecule has 0 saturated carbocycles. The van der Waals surface area contributed by atoms with Gasteiger partial charge in [-0.25, -0.2) is 13.6 Å². The van der Waals surface area contributed by atoms with Gasteiger partial charge in [0.1, 0.15) is 0 Å². The predicted molar refractivity (Wildman–Crippen MR) is 106 cm³/mol. The number of rotatable bonds is 6. The molecule has 0 fully saturated rings. The molecule has 0 radical (unpaired) electrons. The van der Waals surface area contributed by atoms with Crippen LogP contribution in [0.5, 0.6) is 0 Å². The van der Waals surface area contributed by atoms with Crippen LogP contribution in [-0.2, 0) is 16.0 Å². The van der Waals surface area contributed by atoms with Crippen molar-refractivity contribution in [1.29, 1.82) is 0 Å². The lowest BCUT2D eigenvalue weighted by molar-refractivity contribution is -0.119. The van der Waals surface area contributed by atoms with Crippen molar-refractivity contribution in [2.24, 2.45) is 0 Å². The highest BCUT2D eigenvalue weighted by molar-refractivity contribution is 6.33. The number of halogens is 3. The molecule has 7 heteroatoms. The van der Waals surface area contributed by atoms with Gasteiger partial charge in [0.25, 0.3) is 5.91 Å². The van der Waals surface area contributed by atoms with E-state index in [0.717, 1.165) is 11.1 Å². The maximum Gasteiger partial charge on any atom is 0.340 e. The molecule has 0 aliphatic heterocycles. The third-order valence-corrected chi connectivity index (χ3v) is 4.41. The van der Waals surface area contributed by atoms with Gasteiger partial charge in [-0.05, 0) is 35.7 Å². The van der Waals surface area contributed by atoms with Gasteiger partial charge in [0.15, 0.2) is 18.2 Å². The molecular weight excluding hydrogens is 400 g/mol. The van der Waals surface area contributed by atoms with E-state index in [2.05, 4.69) is 5.32 Å². The van der Waals surface area contributed by atoms with Crippen molar-refractivity contribution in [3.05, 3.63) is 100 Å². The number of carbonyl (C=O) groups excluding carboxylic acids is 2. The monoisotopic (exact) mass is 415 g/mol. The van der Waals surface area contributed by atoms with Gasteiger partial charge in [-0.15, -0.1) is 0 Å². The highest BCUT2D eigenvalue weighted by atomic mass is 35.5. The zero-order valence-electron chi connectivity index (χ0n) is 15.1. The fourth-order valence-electron chi connectivity index (χ4n) is 2.69. The normalized spacial score (nSPS) is 10.4. The van der Waals surface area contributed by atoms with Crippen LogP contribution in [-0.4, -0.2) is 18.5 Å². The Balaban J connectivity index is 1.63. The van der Waals surface area contributed by atoms with E-state index in [-0.39, 0.29) is 10.6 Å². The van der Waals surface area contributed by atoms with Gasteiger partial charge >= 0.3 is 5.97 Å². The molecule has 1 amide bonds. The number of ether oxygens (including phenoxy) is 1. The summed E-state index contributed by atoms with van der Waals surface area (Å²) in [6, 6.07) is 18.3. The van der Waals surface area contributed by atoms with Crippen LogP contribution in [0.25, 0.3) is 0 Å². The smallest absolute Gasteiger partial charge is 0.340 e. The number of para-hydroxylation sites is 1. The Labute approximate surface area is 171 Å². The maximum absolute atomic E-state index is 13.3. The average Bonchev–Trinajstić information content (AvgIpc) is 2.71. The van der Waals surface area contributed by atoms with Gasteiger partial charge in [-0.3, -0.25) is 4.79 Å². The van der Waals surface area contributed by atoms with Crippen LogP contribution in [0.2, 0.25) is 5.02 Å². The van der Waals surface area contributed by atoms with Crippen molar-refractivity contribution >= 4 is 29.2 Å². The van der Waals surface area contributed by atoms with Crippen LogP contribution in [0.15, 0.2) is 66.7 Å². The summed E-state index contributed by atoms with van der Waals surface area (Å²) in [5.41, 5.74) is 2.20. The Morgan fingerprint density at radius 1 is 0.931 bits per heavy atom. The summed E-state index contributed by atoms with van der Waals surface area (Å²) in [5, 5.41) is 2.39. The van der Waals surface area contributed by atoms with Crippen LogP contribution >= 0.6 is 11.6 Å². The fraction of sp³-hybridized carbons (Fsp3) is 0.0909. The molecule has 0 aliphatic carbocycles. The molecule has 3 rings (SSSR count). The summed E-state index contributed by atoms with van der Waals surface area (Å²) in [5.74, 6) is -4.01. The molecule has 0 aliphatic rings. The first-order valence-electron chi connectivity index (χ1n) is 8.67. The Kier molecular flexibility index (Phi) is 6.57. The number of esters is 1. The first-order valence-corrected chi connectivity index (χ1v) is 9.05. The number of benzene rings is 3. The molecule has 0 unspecified atom stereocenters. The second kappa shape index (κ2) is 9.30. The van der Waals surface area contributed by atoms with Crippen LogP contribution in [0.1, 0.15) is 21.5 Å². The van der Waals surface area contributed by atoms with Crippen molar-refractivity contribution in [2.75, 3.05) is 11.9 Å². The van der Waals surface area contributed by atoms with E-state index in [9.17, 15) is 18.4 Å². The lowest BCUT2D eigenvalue weighted by Gasteiger charge is -2.12. The molecule has 0 aromatic heterocycles. The molecule has 1 N–H and O–H groups in total. The van der Waals surface area contributed by atoms with Crippen LogP contribution in [0, 0.1) is 11.6 Å². The van der Waals surface area contributed by atoms with Gasteiger partial charge in [0.2, 0.25) is 0 Å². The number of hydrogen-bond acceptors (Lipinski definition) is 3. The summed E-state index contributed by atoms with van der Waals surface area (Å²) in [6.07, 6.45) is 0.613. The third kappa shape index (κ3) is 5.39. The topological polar surface area (TPSA) is 55.4 Å². The van der Waals surface area contributed by atoms with Gasteiger partial charge < -0.3 is 10.1 Å². The molecule has 4 nitrogen and oxygen atoms in total. The molecule has 29 heavy (non-hydrogen) atoms. The minimum atomic E-state index is -1.24. The van der Waals surface area contributed by atoms with Crippen molar-refractivity contribution in [3.63, 3.8) is 0 Å². The van der Waals surface area contributed by atoms with E-state index in [0.29, 0.717) is 24.2 Å². The SMILES string of the molecule is O=C(COC(=O)c1cc(F)c(F)cc1Cl)Nc1ccccc1Cc1ccccc1. The maximum atomic E-state index is 13.3. The van der Waals surface area contributed by atoms with E-state index in [1.165, 1.54) is 0 Å². The molecule has 0 bridgehead atoms. The largest absolute Gasteiger partial charge is 0.452 e. The third-order valence-electron chi connectivity index (χ3n) is 4.09. The number of anilines is 1. The Morgan fingerprint density at radius 2 is 1.59 bits per heavy atom. The Bertz CT molecular complexity index is 1040. The van der Waals surface area contributed by atoms with Crippen molar-refractivity contribution in [2.45, 2.75) is 6.42 Å². The van der Waals surface area contributed by atoms with Crippen molar-refractivity contribution < 1.29 is 23.1 Å². The average molecular weight is 416 g/mol. The summed E-state index contributed by atoms with van der Waals surface area (Å²) in [7, 11) is 0. The van der Waals surface area contributed by atoms with Crippen LogP contribution in [0.3, 0.4) is 0 Å². The molecule has 0 heterocycles. The highest BCUT2D eigenvalue weighted by Crippen LogP contribution is 2.21. The lowest BCUT2D eigenvalue weighted by atomic mass is 10.0. The van der Waals surface area contributed by atoms with E-state index in [4.69, 9.17) is 16.3 Å². The van der Waals surface area contributed by atoms with E-state index in [1.807, 2.05) is 42.5 Å². The summed E-state index contributed by atoms with van der Waals surface area (Å²) in [6.45, 7) is -0.603. The number of nitrogens with one attached hydrogen (secondary N) is 1. The number of carbonyl (C=O) groups is 2. The predicted octanol–water partition coefficient (Wildman–Crippen LogP) is 5.00. The zero-order valence-corrected chi connectivity index (χ0v) is 15.9. The second-order valence-electron chi connectivity index (χ2n) is 6.19. The number of amides is 1. The van der Waals surface area contributed by atoms with Gasteiger partial charge in [-0.2, -0.15) is 0 Å². The molecule has 0 saturated heterocycles. The van der Waals surface area contributed by atoms with Gasteiger partial charge in [0.05, 0.1) is 10.6 Å². The highest BCUT2D eigenvalue weighted by Gasteiger charge is 2.18. The van der Waals surface area contributed by atoms with E-state index in [1.54, 1.807) is 12.1 Å². The summed E-state index contributed by atoms with van der Waals surface area (Å²) >= 11 is 5.73. The van der Waals surface area contributed by atoms with Crippen molar-refractivity contribution in [3.8, 4) is 0 Å². The minimum absolute atomic E-state index is 0.303. The molecule has 148 valence electrons. The zero-order chi connectivity index (χ0) is 20.8. The van der Waals surface area contributed by atoms with Crippen LogP contribution in [0.4, 0.5) is 14.5 Å². The summed E-state index contributed by atoms with van der Waals surface area (Å²) in [4.78, 5) is 24.2. The standard InChI is InChI=1S/C22H16ClF2NO3/c23-17-12-19(25)18(24)11-16(17)22(28)29-13-21(27)26-20-9-5-4-8-15(20)10-14-6-2-1-3-7-14/h1-9,11-12H,10,13H2,(H,26,27). The molecular formula is C22H16ClF2NO3. The Morgan fingerprint density at radius 3 is 2.34 bits per heavy atom. The molecule has 0 atom stereocenters. The lowest BCUT2D eigenvalue weighted by Crippen LogP contribution is -2.22. The minimum Gasteiger partial charge on any atom is -0.452 e. The first-order chi connectivity index (χ1) is 13.9. The fourth-order valence-corrected chi connectivity index (χ4v) is 2.91. The van der Waals surface area contributed by atoms with Crippen molar-refractivity contribution in [1.82, 2.24) is 0 Å². The first kappa shape index (κ1) is 20.5.